The van der Waals surface area contributed by atoms with E-state index in [1.807, 2.05) is 9.80 Å². The van der Waals surface area contributed by atoms with E-state index in [1.165, 1.54) is 0 Å². The van der Waals surface area contributed by atoms with E-state index in [-0.39, 0.29) is 18.2 Å². The smallest absolute Gasteiger partial charge is 0.232 e. The zero-order valence-corrected chi connectivity index (χ0v) is 12.8. The molecule has 2 aliphatic rings. The molecule has 0 unspecified atom stereocenters. The first kappa shape index (κ1) is 15.3. The van der Waals surface area contributed by atoms with Gasteiger partial charge in [-0.05, 0) is 25.3 Å². The average Bonchev–Trinajstić information content (AvgIpc) is 2.48. The molecule has 2 amide bonds. The fourth-order valence-corrected chi connectivity index (χ4v) is 2.92. The maximum Gasteiger partial charge on any atom is 0.232 e. The Kier molecular flexibility index (Phi) is 5.40. The second-order valence-corrected chi connectivity index (χ2v) is 6.06. The van der Waals surface area contributed by atoms with Crippen molar-refractivity contribution in [3.63, 3.8) is 0 Å². The molecule has 2 aliphatic heterocycles. The fourth-order valence-electron chi connectivity index (χ4n) is 2.92. The Bertz CT molecular complexity index is 343. The van der Waals surface area contributed by atoms with E-state index in [2.05, 4.69) is 18.7 Å². The third kappa shape index (κ3) is 3.95. The standard InChI is InChI=1S/C15H27N3O2/c1-3-16-8-10-18(11-9-16)15(20)12-14(19)17-6-4-13(2)5-7-17/h13H,3-12H2,1-2H3. The molecule has 5 nitrogen and oxygen atoms in total. The van der Waals surface area contributed by atoms with Gasteiger partial charge in [-0.3, -0.25) is 9.59 Å². The minimum absolute atomic E-state index is 0.00405. The van der Waals surface area contributed by atoms with E-state index >= 15 is 0 Å². The first-order chi connectivity index (χ1) is 9.60. The summed E-state index contributed by atoms with van der Waals surface area (Å²) in [4.78, 5) is 30.4. The molecule has 114 valence electrons. The van der Waals surface area contributed by atoms with E-state index in [9.17, 15) is 9.59 Å². The monoisotopic (exact) mass is 281 g/mol. The molecule has 2 saturated heterocycles. The van der Waals surface area contributed by atoms with Gasteiger partial charge >= 0.3 is 0 Å². The van der Waals surface area contributed by atoms with Gasteiger partial charge in [-0.15, -0.1) is 0 Å². The van der Waals surface area contributed by atoms with Gasteiger partial charge in [0.15, 0.2) is 0 Å². The zero-order chi connectivity index (χ0) is 14.5. The van der Waals surface area contributed by atoms with Crippen molar-refractivity contribution in [1.29, 1.82) is 0 Å². The number of hydrogen-bond donors (Lipinski definition) is 0. The largest absolute Gasteiger partial charge is 0.342 e. The van der Waals surface area contributed by atoms with Crippen LogP contribution in [0.25, 0.3) is 0 Å². The van der Waals surface area contributed by atoms with Crippen LogP contribution in [0.5, 0.6) is 0 Å². The van der Waals surface area contributed by atoms with E-state index in [1.54, 1.807) is 0 Å². The molecule has 0 saturated carbocycles. The Morgan fingerprint density at radius 2 is 1.40 bits per heavy atom. The molecule has 0 aromatic heterocycles. The normalized spacial score (nSPS) is 22.1. The van der Waals surface area contributed by atoms with Crippen LogP contribution in [0.1, 0.15) is 33.1 Å². The van der Waals surface area contributed by atoms with Gasteiger partial charge in [-0.2, -0.15) is 0 Å². The molecular formula is C15H27N3O2. The zero-order valence-electron chi connectivity index (χ0n) is 12.8. The van der Waals surface area contributed by atoms with Crippen molar-refractivity contribution in [3.8, 4) is 0 Å². The molecule has 0 atom stereocenters. The number of amides is 2. The molecule has 2 heterocycles. The van der Waals surface area contributed by atoms with Crippen molar-refractivity contribution in [2.75, 3.05) is 45.8 Å². The molecular weight excluding hydrogens is 254 g/mol. The highest BCUT2D eigenvalue weighted by Crippen LogP contribution is 2.17. The molecule has 0 aliphatic carbocycles. The number of carbonyl (C=O) groups is 2. The topological polar surface area (TPSA) is 43.9 Å². The molecule has 2 fully saturated rings. The Balaban J connectivity index is 1.75. The molecule has 2 rings (SSSR count). The van der Waals surface area contributed by atoms with Crippen LogP contribution in [0.2, 0.25) is 0 Å². The Morgan fingerprint density at radius 3 is 1.90 bits per heavy atom. The van der Waals surface area contributed by atoms with Crippen molar-refractivity contribution in [1.82, 2.24) is 14.7 Å². The number of likely N-dealkylation sites (tertiary alicyclic amines) is 1. The number of carbonyl (C=O) groups excluding carboxylic acids is 2. The molecule has 0 bridgehead atoms. The molecule has 0 N–H and O–H groups in total. The minimum Gasteiger partial charge on any atom is -0.342 e. The van der Waals surface area contributed by atoms with Crippen molar-refractivity contribution >= 4 is 11.8 Å². The second kappa shape index (κ2) is 7.07. The van der Waals surface area contributed by atoms with Gasteiger partial charge in [0.25, 0.3) is 0 Å². The molecule has 0 radical (unpaired) electrons. The van der Waals surface area contributed by atoms with Crippen LogP contribution in [0.3, 0.4) is 0 Å². The van der Waals surface area contributed by atoms with Crippen molar-refractivity contribution in [3.05, 3.63) is 0 Å². The molecule has 20 heavy (non-hydrogen) atoms. The summed E-state index contributed by atoms with van der Waals surface area (Å²) in [6, 6.07) is 0. The summed E-state index contributed by atoms with van der Waals surface area (Å²) in [5.41, 5.74) is 0. The van der Waals surface area contributed by atoms with Crippen LogP contribution in [0.4, 0.5) is 0 Å². The van der Waals surface area contributed by atoms with Crippen molar-refractivity contribution < 1.29 is 9.59 Å². The van der Waals surface area contributed by atoms with Crippen LogP contribution < -0.4 is 0 Å². The van der Waals surface area contributed by atoms with Gasteiger partial charge in [-0.1, -0.05) is 13.8 Å². The molecule has 0 aromatic rings. The lowest BCUT2D eigenvalue weighted by Crippen LogP contribution is -2.49. The highest BCUT2D eigenvalue weighted by Gasteiger charge is 2.26. The van der Waals surface area contributed by atoms with Crippen LogP contribution >= 0.6 is 0 Å². The van der Waals surface area contributed by atoms with Crippen LogP contribution in [0, 0.1) is 5.92 Å². The minimum atomic E-state index is 0.00405. The number of piperidine rings is 1. The summed E-state index contributed by atoms with van der Waals surface area (Å²) >= 11 is 0. The van der Waals surface area contributed by atoms with Crippen molar-refractivity contribution in [2.24, 2.45) is 5.92 Å². The van der Waals surface area contributed by atoms with Crippen LogP contribution in [0.15, 0.2) is 0 Å². The van der Waals surface area contributed by atoms with E-state index in [4.69, 9.17) is 0 Å². The first-order valence-electron chi connectivity index (χ1n) is 7.88. The fraction of sp³-hybridized carbons (Fsp3) is 0.867. The third-order valence-electron chi connectivity index (χ3n) is 4.61. The summed E-state index contributed by atoms with van der Waals surface area (Å²) in [6.45, 7) is 10.4. The summed E-state index contributed by atoms with van der Waals surface area (Å²) in [5.74, 6) is 0.723. The van der Waals surface area contributed by atoms with Crippen LogP contribution in [-0.4, -0.2) is 72.3 Å². The third-order valence-corrected chi connectivity index (χ3v) is 4.61. The quantitative estimate of drug-likeness (QED) is 0.719. The van der Waals surface area contributed by atoms with E-state index < -0.39 is 0 Å². The van der Waals surface area contributed by atoms with Crippen molar-refractivity contribution in [2.45, 2.75) is 33.1 Å². The van der Waals surface area contributed by atoms with Gasteiger partial charge < -0.3 is 14.7 Å². The Labute approximate surface area is 121 Å². The maximum atomic E-state index is 12.2. The highest BCUT2D eigenvalue weighted by atomic mass is 16.2. The SMILES string of the molecule is CCN1CCN(C(=O)CC(=O)N2CCC(C)CC2)CC1. The lowest BCUT2D eigenvalue weighted by atomic mass is 9.99. The predicted octanol–water partition coefficient (Wildman–Crippen LogP) is 0.799. The summed E-state index contributed by atoms with van der Waals surface area (Å²) in [7, 11) is 0. The maximum absolute atomic E-state index is 12.2. The number of piperazine rings is 1. The summed E-state index contributed by atoms with van der Waals surface area (Å²) in [6.07, 6.45) is 2.19. The number of likely N-dealkylation sites (N-methyl/N-ethyl adjacent to an activating group) is 1. The Hall–Kier alpha value is -1.10. The van der Waals surface area contributed by atoms with Gasteiger partial charge in [0.1, 0.15) is 6.42 Å². The molecule has 0 aromatic carbocycles. The van der Waals surface area contributed by atoms with Crippen LogP contribution in [-0.2, 0) is 9.59 Å². The number of hydrogen-bond acceptors (Lipinski definition) is 3. The van der Waals surface area contributed by atoms with Gasteiger partial charge in [-0.25, -0.2) is 0 Å². The van der Waals surface area contributed by atoms with Gasteiger partial charge in [0, 0.05) is 39.3 Å². The lowest BCUT2D eigenvalue weighted by molar-refractivity contribution is -0.142. The number of rotatable bonds is 3. The average molecular weight is 281 g/mol. The summed E-state index contributed by atoms with van der Waals surface area (Å²) in [5, 5.41) is 0. The predicted molar refractivity (Wildman–Crippen MR) is 78.3 cm³/mol. The number of nitrogens with zero attached hydrogens (tertiary/aromatic N) is 3. The van der Waals surface area contributed by atoms with Gasteiger partial charge in [0.2, 0.25) is 11.8 Å². The lowest BCUT2D eigenvalue weighted by Gasteiger charge is -2.35. The van der Waals surface area contributed by atoms with Gasteiger partial charge in [0.05, 0.1) is 0 Å². The van der Waals surface area contributed by atoms with E-state index in [0.717, 1.165) is 58.7 Å². The molecule has 5 heteroatoms. The summed E-state index contributed by atoms with van der Waals surface area (Å²) < 4.78 is 0. The molecule has 0 spiro atoms. The Morgan fingerprint density at radius 1 is 0.900 bits per heavy atom. The van der Waals surface area contributed by atoms with E-state index in [0.29, 0.717) is 5.92 Å². The second-order valence-electron chi connectivity index (χ2n) is 6.06. The highest BCUT2D eigenvalue weighted by molar-refractivity contribution is 5.97. The first-order valence-corrected chi connectivity index (χ1v) is 7.88.